The second kappa shape index (κ2) is 7.95. The van der Waals surface area contributed by atoms with Gasteiger partial charge in [0.1, 0.15) is 11.3 Å². The molecule has 2 aromatic heterocycles. The zero-order chi connectivity index (χ0) is 23.1. The van der Waals surface area contributed by atoms with E-state index in [1.165, 1.54) is 0 Å². The van der Waals surface area contributed by atoms with Gasteiger partial charge in [0.25, 0.3) is 6.57 Å². The number of aromatic nitrogens is 4. The number of nitrogens with zero attached hydrogens (tertiary/aromatic N) is 4. The van der Waals surface area contributed by atoms with Crippen molar-refractivity contribution in [3.05, 3.63) is 58.7 Å². The third-order valence-electron chi connectivity index (χ3n) is 6.16. The second-order valence-corrected chi connectivity index (χ2v) is 9.95. The maximum absolute atomic E-state index is 10.6. The molecule has 0 unspecified atom stereocenters. The Balaban J connectivity index is 1.65. The Labute approximate surface area is 189 Å². The van der Waals surface area contributed by atoms with Crippen LogP contribution in [0.15, 0.2) is 36.9 Å². The third kappa shape index (κ3) is 4.32. The average Bonchev–Trinajstić information content (AvgIpc) is 3.34. The van der Waals surface area contributed by atoms with E-state index in [1.807, 2.05) is 24.5 Å². The van der Waals surface area contributed by atoms with E-state index in [4.69, 9.17) is 6.57 Å². The average molecular weight is 432 g/mol. The summed E-state index contributed by atoms with van der Waals surface area (Å²) in [6, 6.07) is 5.74. The van der Waals surface area contributed by atoms with Crippen molar-refractivity contribution in [2.75, 3.05) is 0 Å². The molecule has 7 nitrogen and oxygen atoms in total. The van der Waals surface area contributed by atoms with Gasteiger partial charge < -0.3 is 15.0 Å². The molecule has 1 aliphatic heterocycles. The lowest BCUT2D eigenvalue weighted by Gasteiger charge is -2.47. The minimum atomic E-state index is 0.0411. The zero-order valence-corrected chi connectivity index (χ0v) is 19.3. The summed E-state index contributed by atoms with van der Waals surface area (Å²) in [6.45, 7) is 16.8. The molecule has 7 heteroatoms. The van der Waals surface area contributed by atoms with Gasteiger partial charge in [-0.2, -0.15) is 5.10 Å². The fourth-order valence-electron chi connectivity index (χ4n) is 5.06. The van der Waals surface area contributed by atoms with Crippen LogP contribution in [0.3, 0.4) is 0 Å². The highest BCUT2D eigenvalue weighted by molar-refractivity contribution is 5.88. The van der Waals surface area contributed by atoms with Crippen molar-refractivity contribution < 1.29 is 5.11 Å². The molecular weight excluding hydrogens is 400 g/mol. The smallest absolute Gasteiger partial charge is 0.352 e. The highest BCUT2D eigenvalue weighted by atomic mass is 16.3. The van der Waals surface area contributed by atoms with E-state index in [2.05, 4.69) is 64.5 Å². The Bertz CT molecular complexity index is 1180. The Morgan fingerprint density at radius 3 is 2.53 bits per heavy atom. The normalized spacial score (nSPS) is 18.4. The lowest BCUT2D eigenvalue weighted by molar-refractivity contribution is 0.131. The van der Waals surface area contributed by atoms with Crippen molar-refractivity contribution in [2.24, 2.45) is 0 Å². The van der Waals surface area contributed by atoms with Crippen LogP contribution in [0.4, 0.5) is 0 Å². The topological polar surface area (TPSA) is 83.1 Å². The molecule has 166 valence electrons. The molecule has 0 amide bonds. The monoisotopic (exact) mass is 431 g/mol. The summed E-state index contributed by atoms with van der Waals surface area (Å²) in [5, 5.41) is 21.1. The number of piperidine rings is 1. The number of nitrogens with one attached hydrogen (secondary N) is 2. The number of benzene rings is 1. The minimum Gasteiger partial charge on any atom is -0.507 e. The van der Waals surface area contributed by atoms with E-state index in [0.717, 1.165) is 35.4 Å². The number of rotatable bonds is 4. The van der Waals surface area contributed by atoms with E-state index < -0.39 is 0 Å². The second-order valence-electron chi connectivity index (χ2n) is 9.95. The maximum Gasteiger partial charge on any atom is 0.352 e. The molecule has 0 bridgehead atoms. The quantitative estimate of drug-likeness (QED) is 0.528. The number of hydrogen-bond acceptors (Lipinski definition) is 4. The highest BCUT2D eigenvalue weighted by Crippen LogP contribution is 2.37. The van der Waals surface area contributed by atoms with Crippen molar-refractivity contribution in [3.8, 4) is 23.4 Å². The van der Waals surface area contributed by atoms with Crippen LogP contribution in [-0.4, -0.2) is 35.9 Å². The van der Waals surface area contributed by atoms with Crippen LogP contribution in [-0.2, 0) is 0 Å². The van der Waals surface area contributed by atoms with Crippen molar-refractivity contribution in [1.29, 1.82) is 0 Å². The van der Waals surface area contributed by atoms with Crippen LogP contribution in [0.25, 0.3) is 27.7 Å². The lowest BCUT2D eigenvalue weighted by atomic mass is 9.79. The van der Waals surface area contributed by atoms with E-state index in [-0.39, 0.29) is 16.8 Å². The summed E-state index contributed by atoms with van der Waals surface area (Å²) in [4.78, 5) is 8.58. The molecule has 3 aromatic rings. The van der Waals surface area contributed by atoms with E-state index >= 15 is 0 Å². The van der Waals surface area contributed by atoms with Crippen molar-refractivity contribution in [2.45, 2.75) is 64.6 Å². The minimum absolute atomic E-state index is 0.0411. The number of phenolic OH excluding ortho intramolecular Hbond substituents is 1. The molecule has 0 aliphatic carbocycles. The Kier molecular flexibility index (Phi) is 5.43. The van der Waals surface area contributed by atoms with E-state index in [0.29, 0.717) is 17.3 Å². The Morgan fingerprint density at radius 1 is 1.22 bits per heavy atom. The van der Waals surface area contributed by atoms with E-state index in [9.17, 15) is 5.11 Å². The summed E-state index contributed by atoms with van der Waals surface area (Å²) in [7, 11) is 0. The molecule has 0 atom stereocenters. The third-order valence-corrected chi connectivity index (χ3v) is 6.16. The summed E-state index contributed by atoms with van der Waals surface area (Å²) < 4.78 is 2.26. The maximum atomic E-state index is 10.6. The van der Waals surface area contributed by atoms with Crippen LogP contribution < -0.4 is 5.32 Å². The van der Waals surface area contributed by atoms with Crippen molar-refractivity contribution in [1.82, 2.24) is 25.1 Å². The van der Waals surface area contributed by atoms with E-state index in [1.54, 1.807) is 18.5 Å². The zero-order valence-electron chi connectivity index (χ0n) is 19.3. The summed E-state index contributed by atoms with van der Waals surface area (Å²) in [6.07, 6.45) is 9.24. The molecule has 0 saturated carbocycles. The Hall–Kier alpha value is -3.37. The van der Waals surface area contributed by atoms with Crippen molar-refractivity contribution in [3.63, 3.8) is 0 Å². The molecule has 3 N–H and O–H groups in total. The standard InChI is InChI=1S/C25H30N6O/c1-16-21(27-15-31(16)19-11-24(2,3)30-25(4,5)12-19)10-22(26-6)20-8-7-17(9-23(20)32)18-13-28-29-14-18/h6-10,13-15,19,30H,11-12H2,1-5H3,(H-,28,29,32)/p+1/b22-10-. The molecule has 0 spiro atoms. The molecule has 4 rings (SSSR count). The fourth-order valence-corrected chi connectivity index (χ4v) is 5.06. The molecule has 1 fully saturated rings. The van der Waals surface area contributed by atoms with Crippen LogP contribution >= 0.6 is 0 Å². The summed E-state index contributed by atoms with van der Waals surface area (Å²) in [5.74, 6) is 0.100. The molecule has 1 aromatic carbocycles. The Morgan fingerprint density at radius 2 is 1.94 bits per heavy atom. The van der Waals surface area contributed by atoms with Gasteiger partial charge in [0.05, 0.1) is 24.3 Å². The molecular formula is C25H31N6O+. The molecule has 1 saturated heterocycles. The number of hydrogen-bond donors (Lipinski definition) is 3. The molecule has 1 aliphatic rings. The van der Waals surface area contributed by atoms with Gasteiger partial charge in [-0.15, -0.1) is 0 Å². The fraction of sp³-hybridized carbons (Fsp3) is 0.400. The number of H-pyrrole nitrogens is 1. The van der Waals surface area contributed by atoms with Gasteiger partial charge in [-0.3, -0.25) is 5.10 Å². The predicted molar refractivity (Wildman–Crippen MR) is 128 cm³/mol. The van der Waals surface area contributed by atoms with Gasteiger partial charge in [-0.05, 0) is 70.0 Å². The van der Waals surface area contributed by atoms with Crippen LogP contribution in [0.2, 0.25) is 0 Å². The van der Waals surface area contributed by atoms with Gasteiger partial charge in [0.2, 0.25) is 0 Å². The summed E-state index contributed by atoms with van der Waals surface area (Å²) in [5.41, 5.74) is 4.70. The number of aromatic amines is 1. The summed E-state index contributed by atoms with van der Waals surface area (Å²) >= 11 is 0. The van der Waals surface area contributed by atoms with Gasteiger partial charge in [0, 0.05) is 34.6 Å². The number of imidazole rings is 1. The largest absolute Gasteiger partial charge is 0.507 e. The van der Waals surface area contributed by atoms with Crippen LogP contribution in [0, 0.1) is 13.5 Å². The van der Waals surface area contributed by atoms with Gasteiger partial charge in [0.15, 0.2) is 0 Å². The van der Waals surface area contributed by atoms with Crippen molar-refractivity contribution >= 4 is 11.8 Å². The van der Waals surface area contributed by atoms with Crippen LogP contribution in [0.5, 0.6) is 5.75 Å². The first-order valence-corrected chi connectivity index (χ1v) is 10.9. The SMILES string of the molecule is C#[N+]/C(=C\c1ncn(C2CC(C)(C)NC(C)(C)C2)c1C)c1ccc(-c2cn[nH]c2)cc1O. The molecule has 0 radical (unpaired) electrons. The van der Waals surface area contributed by atoms with Gasteiger partial charge >= 0.3 is 5.70 Å². The predicted octanol–water partition coefficient (Wildman–Crippen LogP) is 5.23. The molecule has 32 heavy (non-hydrogen) atoms. The first-order chi connectivity index (χ1) is 15.1. The number of phenols is 1. The van der Waals surface area contributed by atoms with Gasteiger partial charge in [-0.25, -0.2) is 4.98 Å². The first-order valence-electron chi connectivity index (χ1n) is 10.9. The van der Waals surface area contributed by atoms with Crippen LogP contribution in [0.1, 0.15) is 63.5 Å². The van der Waals surface area contributed by atoms with Gasteiger partial charge in [-0.1, -0.05) is 6.07 Å². The first kappa shape index (κ1) is 21.8. The highest BCUT2D eigenvalue weighted by Gasteiger charge is 2.38. The lowest BCUT2D eigenvalue weighted by Crippen LogP contribution is -2.58. The number of aromatic hydroxyl groups is 1. The molecule has 3 heterocycles.